The quantitative estimate of drug-likeness (QED) is 0.787. The molecule has 0 aromatic rings. The van der Waals surface area contributed by atoms with Gasteiger partial charge in [-0.2, -0.15) is 0 Å². The fourth-order valence-electron chi connectivity index (χ4n) is 3.61. The lowest BCUT2D eigenvalue weighted by molar-refractivity contribution is -0.155. The summed E-state index contributed by atoms with van der Waals surface area (Å²) in [5.41, 5.74) is 6.27. The van der Waals surface area contributed by atoms with Gasteiger partial charge in [0.25, 0.3) is 5.91 Å². The Morgan fingerprint density at radius 1 is 1.42 bits per heavy atom. The molecule has 4 atom stereocenters. The number of nitrogens with zero attached hydrogens (tertiary/aromatic N) is 2. The number of oxime groups is 1. The fraction of sp³-hybridized carbons (Fsp3) is 0.846. The molecule has 6 heteroatoms. The molecule has 2 unspecified atom stereocenters. The second kappa shape index (κ2) is 4.94. The zero-order valence-corrected chi connectivity index (χ0v) is 12.3. The summed E-state index contributed by atoms with van der Waals surface area (Å²) in [6.07, 6.45) is 2.91. The number of hydrogen-bond acceptors (Lipinski definition) is 4. The first-order chi connectivity index (χ1) is 8.49. The van der Waals surface area contributed by atoms with Gasteiger partial charge in [-0.1, -0.05) is 5.16 Å². The summed E-state index contributed by atoms with van der Waals surface area (Å²) in [7, 11) is 0. The second-order valence-corrected chi connectivity index (χ2v) is 6.21. The molecule has 0 spiro atoms. The smallest absolute Gasteiger partial charge is 0.269 e. The molecule has 2 N–H and O–H groups in total. The third-order valence-corrected chi connectivity index (χ3v) is 4.64. The molecule has 1 amide bonds. The molecule has 2 heterocycles. The SMILES string of the molecule is CC1=NOC(C)(C(=O)N2C[C@H]3CC[C@@H](C2)C3N)C1.Cl. The van der Waals surface area contributed by atoms with E-state index >= 15 is 0 Å². The van der Waals surface area contributed by atoms with Gasteiger partial charge in [0.2, 0.25) is 5.60 Å². The number of carbonyl (C=O) groups excluding carboxylic acids is 1. The molecule has 3 aliphatic rings. The minimum atomic E-state index is -0.787. The molecule has 1 saturated carbocycles. The first kappa shape index (κ1) is 14.6. The highest BCUT2D eigenvalue weighted by Gasteiger charge is 2.48. The Labute approximate surface area is 119 Å². The first-order valence-corrected chi connectivity index (χ1v) is 6.76. The van der Waals surface area contributed by atoms with Crippen molar-refractivity contribution in [3.05, 3.63) is 0 Å². The van der Waals surface area contributed by atoms with Crippen LogP contribution in [0, 0.1) is 11.8 Å². The normalized spacial score (nSPS) is 40.5. The average Bonchev–Trinajstić information content (AvgIpc) is 2.76. The van der Waals surface area contributed by atoms with Crippen molar-refractivity contribution in [2.45, 2.75) is 44.8 Å². The summed E-state index contributed by atoms with van der Waals surface area (Å²) >= 11 is 0. The Balaban J connectivity index is 0.00000133. The maximum Gasteiger partial charge on any atom is 0.269 e. The van der Waals surface area contributed by atoms with Gasteiger partial charge < -0.3 is 15.5 Å². The molecular weight excluding hydrogens is 266 g/mol. The van der Waals surface area contributed by atoms with Crippen LogP contribution in [0.2, 0.25) is 0 Å². The summed E-state index contributed by atoms with van der Waals surface area (Å²) in [6, 6.07) is 0.282. The van der Waals surface area contributed by atoms with E-state index in [4.69, 9.17) is 10.6 Å². The summed E-state index contributed by atoms with van der Waals surface area (Å²) < 4.78 is 0. The van der Waals surface area contributed by atoms with Gasteiger partial charge in [0.15, 0.2) is 0 Å². The number of rotatable bonds is 1. The number of fused-ring (bicyclic) bond motifs is 2. The molecule has 3 rings (SSSR count). The highest BCUT2D eigenvalue weighted by atomic mass is 35.5. The zero-order chi connectivity index (χ0) is 12.9. The van der Waals surface area contributed by atoms with Crippen LogP contribution in [0.1, 0.15) is 33.1 Å². The number of piperidine rings is 1. The van der Waals surface area contributed by atoms with Crippen LogP contribution in [0.5, 0.6) is 0 Å². The molecule has 0 aromatic heterocycles. The Hall–Kier alpha value is -0.810. The summed E-state index contributed by atoms with van der Waals surface area (Å²) in [6.45, 7) is 5.31. The van der Waals surface area contributed by atoms with E-state index in [9.17, 15) is 4.79 Å². The Bertz CT molecular complexity index is 401. The van der Waals surface area contributed by atoms with E-state index in [1.165, 1.54) is 0 Å². The maximum absolute atomic E-state index is 12.6. The van der Waals surface area contributed by atoms with Crippen molar-refractivity contribution in [2.75, 3.05) is 13.1 Å². The van der Waals surface area contributed by atoms with Gasteiger partial charge in [-0.3, -0.25) is 4.79 Å². The van der Waals surface area contributed by atoms with E-state index in [0.29, 0.717) is 18.3 Å². The molecule has 108 valence electrons. The van der Waals surface area contributed by atoms with Crippen LogP contribution in [0.15, 0.2) is 5.16 Å². The van der Waals surface area contributed by atoms with Crippen LogP contribution < -0.4 is 5.73 Å². The van der Waals surface area contributed by atoms with Crippen LogP contribution in [-0.2, 0) is 9.63 Å². The van der Waals surface area contributed by atoms with Crippen molar-refractivity contribution in [1.29, 1.82) is 0 Å². The van der Waals surface area contributed by atoms with E-state index < -0.39 is 5.60 Å². The van der Waals surface area contributed by atoms with Gasteiger partial charge in [0.1, 0.15) is 0 Å². The molecule has 0 radical (unpaired) electrons. The van der Waals surface area contributed by atoms with Crippen molar-refractivity contribution in [1.82, 2.24) is 4.90 Å². The zero-order valence-electron chi connectivity index (χ0n) is 11.5. The summed E-state index contributed by atoms with van der Waals surface area (Å²) in [5, 5.41) is 3.92. The fourth-order valence-corrected chi connectivity index (χ4v) is 3.61. The first-order valence-electron chi connectivity index (χ1n) is 6.76. The van der Waals surface area contributed by atoms with Gasteiger partial charge in [-0.05, 0) is 38.5 Å². The lowest BCUT2D eigenvalue weighted by Gasteiger charge is -2.38. The van der Waals surface area contributed by atoms with Crippen LogP contribution in [-0.4, -0.2) is 41.3 Å². The summed E-state index contributed by atoms with van der Waals surface area (Å²) in [4.78, 5) is 19.9. The van der Waals surface area contributed by atoms with Gasteiger partial charge in [-0.25, -0.2) is 0 Å². The Morgan fingerprint density at radius 3 is 2.47 bits per heavy atom. The predicted octanol–water partition coefficient (Wildman–Crippen LogP) is 1.16. The highest BCUT2D eigenvalue weighted by molar-refractivity contribution is 5.94. The number of halogens is 1. The number of hydrogen-bond donors (Lipinski definition) is 1. The maximum atomic E-state index is 12.6. The van der Waals surface area contributed by atoms with Gasteiger partial charge in [-0.15, -0.1) is 12.4 Å². The molecule has 19 heavy (non-hydrogen) atoms. The van der Waals surface area contributed by atoms with E-state index in [-0.39, 0.29) is 24.4 Å². The van der Waals surface area contributed by atoms with Gasteiger partial charge in [0.05, 0.1) is 5.71 Å². The van der Waals surface area contributed by atoms with Crippen LogP contribution in [0.3, 0.4) is 0 Å². The number of carbonyl (C=O) groups is 1. The minimum Gasteiger partial charge on any atom is -0.379 e. The second-order valence-electron chi connectivity index (χ2n) is 6.21. The third kappa shape index (κ3) is 2.34. The minimum absolute atomic E-state index is 0. The van der Waals surface area contributed by atoms with E-state index in [2.05, 4.69) is 5.16 Å². The van der Waals surface area contributed by atoms with Crippen LogP contribution >= 0.6 is 12.4 Å². The lowest BCUT2D eigenvalue weighted by atomic mass is 9.90. The molecule has 2 aliphatic heterocycles. The summed E-state index contributed by atoms with van der Waals surface area (Å²) in [5.74, 6) is 1.02. The van der Waals surface area contributed by atoms with Crippen molar-refractivity contribution >= 4 is 24.0 Å². The number of likely N-dealkylation sites (tertiary alicyclic amines) is 1. The van der Waals surface area contributed by atoms with Crippen molar-refractivity contribution in [3.8, 4) is 0 Å². The largest absolute Gasteiger partial charge is 0.379 e. The highest BCUT2D eigenvalue weighted by Crippen LogP contribution is 2.37. The Kier molecular flexibility index (Phi) is 3.80. The molecule has 2 bridgehead atoms. The third-order valence-electron chi connectivity index (χ3n) is 4.64. The van der Waals surface area contributed by atoms with Crippen molar-refractivity contribution < 1.29 is 9.63 Å². The van der Waals surface area contributed by atoms with Crippen LogP contribution in [0.4, 0.5) is 0 Å². The molecular formula is C13H22ClN3O2. The topological polar surface area (TPSA) is 67.9 Å². The number of nitrogens with two attached hydrogens (primary N) is 1. The average molecular weight is 288 g/mol. The van der Waals surface area contributed by atoms with Gasteiger partial charge in [0, 0.05) is 25.6 Å². The molecule has 5 nitrogen and oxygen atoms in total. The van der Waals surface area contributed by atoms with Crippen LogP contribution in [0.25, 0.3) is 0 Å². The lowest BCUT2D eigenvalue weighted by Crippen LogP contribution is -2.56. The van der Waals surface area contributed by atoms with E-state index in [0.717, 1.165) is 31.6 Å². The molecule has 0 aromatic carbocycles. The molecule has 1 saturated heterocycles. The number of amides is 1. The standard InChI is InChI=1S/C13H21N3O2.ClH/c1-8-5-13(2,18-15-8)12(17)16-6-9-3-4-10(7-16)11(9)14;/h9-11H,3-7,14H2,1-2H3;1H/t9-,10+,11?,13?;. The predicted molar refractivity (Wildman–Crippen MR) is 75.2 cm³/mol. The van der Waals surface area contributed by atoms with E-state index in [1.54, 1.807) is 0 Å². The van der Waals surface area contributed by atoms with E-state index in [1.807, 2.05) is 18.7 Å². The molecule has 2 fully saturated rings. The molecule has 1 aliphatic carbocycles. The van der Waals surface area contributed by atoms with Crippen molar-refractivity contribution in [3.63, 3.8) is 0 Å². The Morgan fingerprint density at radius 2 is 2.00 bits per heavy atom. The van der Waals surface area contributed by atoms with Gasteiger partial charge >= 0.3 is 0 Å². The monoisotopic (exact) mass is 287 g/mol. The van der Waals surface area contributed by atoms with Crippen molar-refractivity contribution in [2.24, 2.45) is 22.7 Å².